The van der Waals surface area contributed by atoms with E-state index in [0.717, 1.165) is 25.7 Å². The largest absolute Gasteiger partial charge is 0.353 e. The summed E-state index contributed by atoms with van der Waals surface area (Å²) < 4.78 is 0. The number of carbonyl (C=O) groups is 2. The van der Waals surface area contributed by atoms with E-state index in [9.17, 15) is 9.59 Å². The number of nitrogens with one attached hydrogen (secondary N) is 3. The van der Waals surface area contributed by atoms with Gasteiger partial charge in [0.15, 0.2) is 5.69 Å². The van der Waals surface area contributed by atoms with E-state index in [1.807, 2.05) is 0 Å². The summed E-state index contributed by atoms with van der Waals surface area (Å²) in [6.45, 7) is 0.631. The third-order valence-electron chi connectivity index (χ3n) is 6.85. The van der Waals surface area contributed by atoms with Crippen molar-refractivity contribution < 1.29 is 9.59 Å². The van der Waals surface area contributed by atoms with Gasteiger partial charge in [0.25, 0.3) is 5.91 Å². The lowest BCUT2D eigenvalue weighted by Gasteiger charge is -2.48. The van der Waals surface area contributed by atoms with Crippen LogP contribution in [0.4, 0.5) is 0 Å². The molecule has 0 spiro atoms. The molecule has 0 bridgehead atoms. The molecule has 0 atom stereocenters. The van der Waals surface area contributed by atoms with E-state index in [-0.39, 0.29) is 17.4 Å². The number of H-pyrrole nitrogens is 1. The predicted octanol–water partition coefficient (Wildman–Crippen LogP) is 2.18. The van der Waals surface area contributed by atoms with Gasteiger partial charge in [0, 0.05) is 12.6 Å². The molecule has 3 saturated carbocycles. The molecule has 1 heterocycles. The quantitative estimate of drug-likeness (QED) is 0.750. The summed E-state index contributed by atoms with van der Waals surface area (Å²) in [5.74, 6) is 1.15. The first kappa shape index (κ1) is 17.5. The Hall–Kier alpha value is -1.92. The highest BCUT2D eigenvalue weighted by molar-refractivity contribution is 5.91. The monoisotopic (exact) mass is 359 g/mol. The molecule has 3 aliphatic rings. The van der Waals surface area contributed by atoms with Gasteiger partial charge in [-0.3, -0.25) is 9.59 Å². The van der Waals surface area contributed by atoms with E-state index in [2.05, 4.69) is 26.0 Å². The number of nitrogens with zero attached hydrogens (tertiary/aromatic N) is 2. The molecule has 0 radical (unpaired) electrons. The zero-order valence-electron chi connectivity index (χ0n) is 15.3. The molecule has 0 aliphatic heterocycles. The normalized spacial score (nSPS) is 33.6. The fraction of sp³-hybridized carbons (Fsp3) is 0.789. The minimum atomic E-state index is -0.197. The second-order valence-electron chi connectivity index (χ2n) is 8.42. The van der Waals surface area contributed by atoms with Gasteiger partial charge >= 0.3 is 0 Å². The van der Waals surface area contributed by atoms with E-state index < -0.39 is 0 Å². The van der Waals surface area contributed by atoms with Gasteiger partial charge in [-0.15, -0.1) is 0 Å². The van der Waals surface area contributed by atoms with Crippen LogP contribution in [0.2, 0.25) is 0 Å². The summed E-state index contributed by atoms with van der Waals surface area (Å²) in [7, 11) is 0. The predicted molar refractivity (Wildman–Crippen MR) is 96.2 cm³/mol. The molecule has 7 heteroatoms. The molecule has 4 rings (SSSR count). The summed E-state index contributed by atoms with van der Waals surface area (Å²) in [5, 5.41) is 16.1. The van der Waals surface area contributed by atoms with Crippen molar-refractivity contribution in [1.82, 2.24) is 26.0 Å². The Labute approximate surface area is 154 Å². The van der Waals surface area contributed by atoms with Gasteiger partial charge in [0.2, 0.25) is 5.91 Å². The lowest BCUT2D eigenvalue weighted by Crippen LogP contribution is -2.55. The van der Waals surface area contributed by atoms with Crippen LogP contribution in [0.25, 0.3) is 0 Å². The van der Waals surface area contributed by atoms with Crippen molar-refractivity contribution in [3.05, 3.63) is 11.9 Å². The van der Waals surface area contributed by atoms with E-state index in [4.69, 9.17) is 0 Å². The first-order valence-electron chi connectivity index (χ1n) is 10.1. The van der Waals surface area contributed by atoms with Crippen LogP contribution >= 0.6 is 0 Å². The van der Waals surface area contributed by atoms with Gasteiger partial charge in [-0.2, -0.15) is 15.4 Å². The van der Waals surface area contributed by atoms with E-state index in [0.29, 0.717) is 30.0 Å². The minimum absolute atomic E-state index is 0.0806. The van der Waals surface area contributed by atoms with E-state index in [1.165, 1.54) is 44.7 Å². The standard InChI is InChI=1S/C19H29N5O2/c25-17(16-12-21-24-23-16)20-11-13-9-15(10-13)22-18(26)19-7-3-1-5-14(19)6-2-4-8-19/h12-15H,1-11H2,(H,20,25)(H,22,26)(H,21,23,24). The Morgan fingerprint density at radius 2 is 1.88 bits per heavy atom. The van der Waals surface area contributed by atoms with Crippen molar-refractivity contribution in [3.8, 4) is 0 Å². The highest BCUT2D eigenvalue weighted by atomic mass is 16.2. The zero-order chi connectivity index (χ0) is 18.0. The number of fused-ring (bicyclic) bond motifs is 1. The van der Waals surface area contributed by atoms with Crippen molar-refractivity contribution in [2.75, 3.05) is 6.54 Å². The Bertz CT molecular complexity index is 626. The Morgan fingerprint density at radius 3 is 2.54 bits per heavy atom. The molecular weight excluding hydrogens is 330 g/mol. The number of hydrogen-bond donors (Lipinski definition) is 3. The fourth-order valence-electron chi connectivity index (χ4n) is 5.29. The summed E-state index contributed by atoms with van der Waals surface area (Å²) in [5.41, 5.74) is 0.233. The third kappa shape index (κ3) is 3.35. The second-order valence-corrected chi connectivity index (χ2v) is 8.42. The molecule has 1 aromatic heterocycles. The summed E-state index contributed by atoms with van der Waals surface area (Å²) in [4.78, 5) is 25.0. The van der Waals surface area contributed by atoms with Crippen molar-refractivity contribution >= 4 is 11.8 Å². The van der Waals surface area contributed by atoms with Crippen molar-refractivity contribution in [3.63, 3.8) is 0 Å². The number of amides is 2. The molecular formula is C19H29N5O2. The number of aromatic amines is 1. The van der Waals surface area contributed by atoms with Crippen LogP contribution in [-0.2, 0) is 4.79 Å². The van der Waals surface area contributed by atoms with Gasteiger partial charge in [-0.25, -0.2) is 0 Å². The zero-order valence-corrected chi connectivity index (χ0v) is 15.3. The van der Waals surface area contributed by atoms with Gasteiger partial charge in [-0.05, 0) is 50.4 Å². The summed E-state index contributed by atoms with van der Waals surface area (Å²) in [6, 6.07) is 0.273. The highest BCUT2D eigenvalue weighted by Gasteiger charge is 2.48. The molecule has 3 fully saturated rings. The molecule has 1 aromatic rings. The average molecular weight is 359 g/mol. The first-order chi connectivity index (χ1) is 12.7. The van der Waals surface area contributed by atoms with Crippen molar-refractivity contribution in [2.45, 2.75) is 70.3 Å². The molecule has 2 amide bonds. The van der Waals surface area contributed by atoms with Crippen molar-refractivity contribution in [2.24, 2.45) is 17.3 Å². The molecule has 26 heavy (non-hydrogen) atoms. The number of aromatic nitrogens is 3. The lowest BCUT2D eigenvalue weighted by atomic mass is 9.59. The van der Waals surface area contributed by atoms with Crippen LogP contribution in [0, 0.1) is 17.3 Å². The SMILES string of the molecule is O=C(NCC1CC(NC(=O)C23CCCCC2CCCC3)C1)c1cn[nH]n1. The van der Waals surface area contributed by atoms with Gasteiger partial charge in [0.1, 0.15) is 0 Å². The summed E-state index contributed by atoms with van der Waals surface area (Å²) >= 11 is 0. The number of rotatable bonds is 5. The molecule has 0 aromatic carbocycles. The van der Waals surface area contributed by atoms with Crippen LogP contribution in [0.1, 0.15) is 74.7 Å². The summed E-state index contributed by atoms with van der Waals surface area (Å²) in [6.07, 6.45) is 12.9. The van der Waals surface area contributed by atoms with E-state index in [1.54, 1.807) is 0 Å². The molecule has 0 saturated heterocycles. The van der Waals surface area contributed by atoms with Crippen LogP contribution in [0.5, 0.6) is 0 Å². The number of carbonyl (C=O) groups excluding carboxylic acids is 2. The molecule has 3 aliphatic carbocycles. The van der Waals surface area contributed by atoms with Crippen molar-refractivity contribution in [1.29, 1.82) is 0 Å². The molecule has 3 N–H and O–H groups in total. The maximum atomic E-state index is 13.1. The topological polar surface area (TPSA) is 99.8 Å². The second kappa shape index (κ2) is 7.37. The molecule has 0 unspecified atom stereocenters. The molecule has 7 nitrogen and oxygen atoms in total. The van der Waals surface area contributed by atoms with Crippen LogP contribution in [0.3, 0.4) is 0 Å². The Kier molecular flexibility index (Phi) is 4.96. The van der Waals surface area contributed by atoms with Crippen LogP contribution < -0.4 is 10.6 Å². The number of hydrogen-bond acceptors (Lipinski definition) is 4. The van der Waals surface area contributed by atoms with E-state index >= 15 is 0 Å². The minimum Gasteiger partial charge on any atom is -0.353 e. The lowest BCUT2D eigenvalue weighted by molar-refractivity contribution is -0.141. The highest BCUT2D eigenvalue weighted by Crippen LogP contribution is 2.50. The van der Waals surface area contributed by atoms with Gasteiger partial charge < -0.3 is 10.6 Å². The fourth-order valence-corrected chi connectivity index (χ4v) is 5.29. The maximum Gasteiger partial charge on any atom is 0.273 e. The Morgan fingerprint density at radius 1 is 1.15 bits per heavy atom. The Balaban J connectivity index is 1.23. The van der Waals surface area contributed by atoms with Crippen LogP contribution in [0.15, 0.2) is 6.20 Å². The maximum absolute atomic E-state index is 13.1. The van der Waals surface area contributed by atoms with Crippen LogP contribution in [-0.4, -0.2) is 39.8 Å². The van der Waals surface area contributed by atoms with Gasteiger partial charge in [0.05, 0.1) is 11.6 Å². The van der Waals surface area contributed by atoms with Gasteiger partial charge in [-0.1, -0.05) is 25.7 Å². The average Bonchev–Trinajstić information content (AvgIpc) is 3.17. The molecule has 142 valence electrons. The first-order valence-corrected chi connectivity index (χ1v) is 10.1. The smallest absolute Gasteiger partial charge is 0.273 e. The third-order valence-corrected chi connectivity index (χ3v) is 6.85.